The molecule has 0 aliphatic heterocycles. The van der Waals surface area contributed by atoms with Crippen LogP contribution in [0.2, 0.25) is 0 Å². The lowest BCUT2D eigenvalue weighted by Crippen LogP contribution is -1.99. The lowest BCUT2D eigenvalue weighted by molar-refractivity contribution is 0.942. The maximum atomic E-state index is 5.55. The van der Waals surface area contributed by atoms with Gasteiger partial charge >= 0.3 is 0 Å². The summed E-state index contributed by atoms with van der Waals surface area (Å²) in [4.78, 5) is 0. The molecule has 0 unspecified atom stereocenters. The molecule has 2 rings (SSSR count). The van der Waals surface area contributed by atoms with Crippen molar-refractivity contribution in [3.05, 3.63) is 12.3 Å². The Kier molecular flexibility index (Phi) is 0.974. The molecule has 0 aromatic carbocycles. The van der Waals surface area contributed by atoms with Gasteiger partial charge in [-0.1, -0.05) is 0 Å². The first-order chi connectivity index (χ1) is 5.29. The van der Waals surface area contributed by atoms with Crippen molar-refractivity contribution in [3.63, 3.8) is 0 Å². The Bertz CT molecular complexity index is 391. The van der Waals surface area contributed by atoms with E-state index in [1.165, 1.54) is 4.52 Å². The van der Waals surface area contributed by atoms with E-state index >= 15 is 0 Å². The number of aromatic nitrogens is 4. The standard InChI is InChI=1S/C5H6N6/c6-3-1-2-8-11-4(3)9-10-5(11)7/h1-2H,6H2,(H2,7,10). The van der Waals surface area contributed by atoms with Crippen LogP contribution in [0, 0.1) is 0 Å². The third kappa shape index (κ3) is 0.689. The summed E-state index contributed by atoms with van der Waals surface area (Å²) >= 11 is 0. The van der Waals surface area contributed by atoms with E-state index in [9.17, 15) is 0 Å². The molecule has 0 saturated heterocycles. The molecular formula is C5H6N6. The van der Waals surface area contributed by atoms with Crippen LogP contribution in [0.1, 0.15) is 0 Å². The molecule has 0 saturated carbocycles. The van der Waals surface area contributed by atoms with Crippen LogP contribution in [-0.2, 0) is 0 Å². The smallest absolute Gasteiger partial charge is 0.243 e. The number of nitrogens with two attached hydrogens (primary N) is 2. The number of nitrogens with zero attached hydrogens (tertiary/aromatic N) is 4. The van der Waals surface area contributed by atoms with Crippen molar-refractivity contribution in [2.75, 3.05) is 11.5 Å². The van der Waals surface area contributed by atoms with E-state index in [0.29, 0.717) is 11.3 Å². The second-order valence-electron chi connectivity index (χ2n) is 2.08. The van der Waals surface area contributed by atoms with E-state index in [-0.39, 0.29) is 5.95 Å². The van der Waals surface area contributed by atoms with E-state index < -0.39 is 0 Å². The van der Waals surface area contributed by atoms with Gasteiger partial charge in [0.2, 0.25) is 11.6 Å². The number of hydrogen-bond acceptors (Lipinski definition) is 5. The van der Waals surface area contributed by atoms with Crippen LogP contribution in [0.5, 0.6) is 0 Å². The maximum Gasteiger partial charge on any atom is 0.243 e. The zero-order valence-electron chi connectivity index (χ0n) is 5.60. The summed E-state index contributed by atoms with van der Waals surface area (Å²) in [7, 11) is 0. The summed E-state index contributed by atoms with van der Waals surface area (Å²) in [6.07, 6.45) is 1.54. The lowest BCUT2D eigenvalue weighted by atomic mass is 10.5. The minimum Gasteiger partial charge on any atom is -0.396 e. The molecule has 0 aliphatic carbocycles. The average molecular weight is 150 g/mol. The number of nitrogen functional groups attached to an aromatic ring is 2. The molecule has 0 atom stereocenters. The average Bonchev–Trinajstić information content (AvgIpc) is 2.35. The minimum atomic E-state index is 0.243. The number of fused-ring (bicyclic) bond motifs is 1. The van der Waals surface area contributed by atoms with Gasteiger partial charge in [-0.15, -0.1) is 10.2 Å². The highest BCUT2D eigenvalue weighted by molar-refractivity contribution is 5.64. The first-order valence-electron chi connectivity index (χ1n) is 3.00. The van der Waals surface area contributed by atoms with Gasteiger partial charge in [-0.05, 0) is 6.07 Å². The van der Waals surface area contributed by atoms with Crippen LogP contribution in [0.25, 0.3) is 5.65 Å². The molecule has 6 heteroatoms. The van der Waals surface area contributed by atoms with Crippen molar-refractivity contribution in [2.24, 2.45) is 0 Å². The Balaban J connectivity index is 2.94. The summed E-state index contributed by atoms with van der Waals surface area (Å²) in [6.45, 7) is 0. The van der Waals surface area contributed by atoms with E-state index in [2.05, 4.69) is 15.3 Å². The molecule has 0 radical (unpaired) electrons. The third-order valence-electron chi connectivity index (χ3n) is 1.36. The zero-order valence-corrected chi connectivity index (χ0v) is 5.60. The van der Waals surface area contributed by atoms with Gasteiger partial charge in [-0.25, -0.2) is 0 Å². The molecule has 0 bridgehead atoms. The molecule has 11 heavy (non-hydrogen) atoms. The van der Waals surface area contributed by atoms with Crippen molar-refractivity contribution < 1.29 is 0 Å². The number of hydrogen-bond donors (Lipinski definition) is 2. The van der Waals surface area contributed by atoms with Gasteiger partial charge in [0.15, 0.2) is 0 Å². The predicted molar refractivity (Wildman–Crippen MR) is 39.6 cm³/mol. The second-order valence-corrected chi connectivity index (χ2v) is 2.08. The number of anilines is 2. The summed E-state index contributed by atoms with van der Waals surface area (Å²) in [6, 6.07) is 1.64. The molecule has 6 nitrogen and oxygen atoms in total. The topological polar surface area (TPSA) is 95.1 Å². The van der Waals surface area contributed by atoms with Crippen molar-refractivity contribution >= 4 is 17.3 Å². The summed E-state index contributed by atoms with van der Waals surface area (Å²) in [5.74, 6) is 0.243. The molecule has 56 valence electrons. The van der Waals surface area contributed by atoms with Crippen molar-refractivity contribution in [1.82, 2.24) is 19.8 Å². The first kappa shape index (κ1) is 5.90. The Morgan fingerprint density at radius 3 is 2.82 bits per heavy atom. The monoisotopic (exact) mass is 150 g/mol. The van der Waals surface area contributed by atoms with Crippen LogP contribution >= 0.6 is 0 Å². The van der Waals surface area contributed by atoms with Gasteiger partial charge in [0, 0.05) is 0 Å². The Morgan fingerprint density at radius 2 is 2.09 bits per heavy atom. The molecule has 4 N–H and O–H groups in total. The summed E-state index contributed by atoms with van der Waals surface area (Å²) in [5.41, 5.74) is 12.0. The van der Waals surface area contributed by atoms with Crippen LogP contribution < -0.4 is 11.5 Å². The highest BCUT2D eigenvalue weighted by Gasteiger charge is 2.03. The quantitative estimate of drug-likeness (QED) is 0.517. The first-order valence-corrected chi connectivity index (χ1v) is 3.00. The molecule has 2 aromatic rings. The Labute approximate surface area is 61.8 Å². The van der Waals surface area contributed by atoms with Crippen molar-refractivity contribution in [2.45, 2.75) is 0 Å². The predicted octanol–water partition coefficient (Wildman–Crippen LogP) is -0.711. The van der Waals surface area contributed by atoms with Crippen LogP contribution in [0.4, 0.5) is 11.6 Å². The molecule has 0 aliphatic rings. The highest BCUT2D eigenvalue weighted by atomic mass is 15.4. The van der Waals surface area contributed by atoms with Gasteiger partial charge < -0.3 is 11.5 Å². The molecule has 2 heterocycles. The summed E-state index contributed by atoms with van der Waals surface area (Å²) < 4.78 is 1.38. The van der Waals surface area contributed by atoms with Crippen LogP contribution in [-0.4, -0.2) is 19.8 Å². The Morgan fingerprint density at radius 1 is 1.27 bits per heavy atom. The third-order valence-corrected chi connectivity index (χ3v) is 1.36. The fourth-order valence-corrected chi connectivity index (χ4v) is 0.841. The lowest BCUT2D eigenvalue weighted by Gasteiger charge is -1.93. The zero-order chi connectivity index (χ0) is 7.84. The van der Waals surface area contributed by atoms with E-state index in [1.54, 1.807) is 12.3 Å². The van der Waals surface area contributed by atoms with Gasteiger partial charge in [-0.2, -0.15) is 9.61 Å². The highest BCUT2D eigenvalue weighted by Crippen LogP contribution is 2.09. The molecular weight excluding hydrogens is 144 g/mol. The van der Waals surface area contributed by atoms with Gasteiger partial charge in [-0.3, -0.25) is 0 Å². The SMILES string of the molecule is Nc1ccnn2c(N)nnc12. The normalized spacial score (nSPS) is 10.5. The van der Waals surface area contributed by atoms with E-state index in [0.717, 1.165) is 0 Å². The fourth-order valence-electron chi connectivity index (χ4n) is 0.841. The van der Waals surface area contributed by atoms with Gasteiger partial charge in [0.1, 0.15) is 0 Å². The van der Waals surface area contributed by atoms with Crippen molar-refractivity contribution in [1.29, 1.82) is 0 Å². The van der Waals surface area contributed by atoms with E-state index in [4.69, 9.17) is 11.5 Å². The van der Waals surface area contributed by atoms with Crippen LogP contribution in [0.15, 0.2) is 12.3 Å². The number of rotatable bonds is 0. The maximum absolute atomic E-state index is 5.55. The van der Waals surface area contributed by atoms with Gasteiger partial charge in [0.05, 0.1) is 11.9 Å². The van der Waals surface area contributed by atoms with Gasteiger partial charge in [0.25, 0.3) is 0 Å². The molecule has 0 amide bonds. The molecule has 0 fully saturated rings. The largest absolute Gasteiger partial charge is 0.396 e. The second kappa shape index (κ2) is 1.82. The van der Waals surface area contributed by atoms with Crippen LogP contribution in [0.3, 0.4) is 0 Å². The summed E-state index contributed by atoms with van der Waals surface area (Å²) in [5, 5.41) is 11.2. The van der Waals surface area contributed by atoms with Crippen molar-refractivity contribution in [3.8, 4) is 0 Å². The minimum absolute atomic E-state index is 0.243. The fraction of sp³-hybridized carbons (Fsp3) is 0. The van der Waals surface area contributed by atoms with E-state index in [1.807, 2.05) is 0 Å². The Hall–Kier alpha value is -1.85. The molecule has 0 spiro atoms. The molecule has 2 aromatic heterocycles.